The average molecular weight is 519 g/mol. The average Bonchev–Trinajstić information content (AvgIpc) is 3.51. The van der Waals surface area contributed by atoms with E-state index in [1.807, 2.05) is 64.1 Å². The zero-order chi connectivity index (χ0) is 27.3. The Balaban J connectivity index is 1.41. The zero-order valence-electron chi connectivity index (χ0n) is 22.1. The summed E-state index contributed by atoms with van der Waals surface area (Å²) in [4.78, 5) is 24.8. The van der Waals surface area contributed by atoms with Crippen LogP contribution in [0.2, 0.25) is 0 Å². The second kappa shape index (κ2) is 9.16. The maximum atomic E-state index is 14.2. The van der Waals surface area contributed by atoms with Crippen molar-refractivity contribution in [2.75, 3.05) is 5.32 Å². The topological polar surface area (TPSA) is 99.3 Å². The van der Waals surface area contributed by atoms with E-state index in [1.54, 1.807) is 18.6 Å². The SMILES string of the molecule is Cc1cc(F)cc(-c2nccc3[nH]c(-c4n[nH]c5ccc(-c6cncc(NC(=O)C(C)(C)C)c6)cc45)cc23)c1. The second-order valence-corrected chi connectivity index (χ2v) is 10.8. The van der Waals surface area contributed by atoms with Crippen LogP contribution in [-0.2, 0) is 4.79 Å². The van der Waals surface area contributed by atoms with Crippen molar-refractivity contribution in [3.63, 3.8) is 0 Å². The molecule has 0 saturated carbocycles. The summed E-state index contributed by atoms with van der Waals surface area (Å²) in [6.45, 7) is 7.48. The highest BCUT2D eigenvalue weighted by molar-refractivity contribution is 6.01. The van der Waals surface area contributed by atoms with Crippen LogP contribution in [0.15, 0.2) is 73.2 Å². The Morgan fingerprint density at radius 2 is 1.69 bits per heavy atom. The van der Waals surface area contributed by atoms with Crippen LogP contribution in [0.4, 0.5) is 10.1 Å². The molecule has 0 aliphatic rings. The summed E-state index contributed by atoms with van der Waals surface area (Å²) in [5.41, 5.74) is 7.57. The Bertz CT molecular complexity index is 1860. The lowest BCUT2D eigenvalue weighted by atomic mass is 9.95. The fourth-order valence-electron chi connectivity index (χ4n) is 4.67. The van der Waals surface area contributed by atoms with E-state index < -0.39 is 5.41 Å². The maximum absolute atomic E-state index is 14.2. The van der Waals surface area contributed by atoms with Crippen LogP contribution in [0.25, 0.3) is 55.6 Å². The van der Waals surface area contributed by atoms with Gasteiger partial charge in [-0.05, 0) is 66.6 Å². The van der Waals surface area contributed by atoms with Gasteiger partial charge in [0.25, 0.3) is 0 Å². The molecule has 39 heavy (non-hydrogen) atoms. The number of aromatic amines is 2. The van der Waals surface area contributed by atoms with Gasteiger partial charge in [0, 0.05) is 45.2 Å². The molecule has 3 N–H and O–H groups in total. The number of nitrogens with one attached hydrogen (secondary N) is 3. The first-order chi connectivity index (χ1) is 18.7. The highest BCUT2D eigenvalue weighted by atomic mass is 19.1. The number of aromatic nitrogens is 5. The summed E-state index contributed by atoms with van der Waals surface area (Å²) in [6.07, 6.45) is 5.14. The number of anilines is 1. The maximum Gasteiger partial charge on any atom is 0.229 e. The molecule has 0 aliphatic carbocycles. The number of amides is 1. The summed E-state index contributed by atoms with van der Waals surface area (Å²) in [5, 5.41) is 12.5. The number of nitrogens with zero attached hydrogens (tertiary/aromatic N) is 3. The summed E-state index contributed by atoms with van der Waals surface area (Å²) in [7, 11) is 0. The minimum absolute atomic E-state index is 0.0740. The number of H-pyrrole nitrogens is 2. The molecule has 0 radical (unpaired) electrons. The minimum Gasteiger partial charge on any atom is -0.353 e. The summed E-state index contributed by atoms with van der Waals surface area (Å²) in [6, 6.07) is 16.8. The lowest BCUT2D eigenvalue weighted by Gasteiger charge is -2.17. The van der Waals surface area contributed by atoms with Crippen LogP contribution < -0.4 is 5.32 Å². The van der Waals surface area contributed by atoms with Gasteiger partial charge < -0.3 is 10.3 Å². The lowest BCUT2D eigenvalue weighted by molar-refractivity contribution is -0.123. The molecule has 4 heterocycles. The molecule has 6 rings (SSSR count). The molecule has 0 saturated heterocycles. The van der Waals surface area contributed by atoms with Crippen molar-refractivity contribution >= 4 is 33.4 Å². The molecule has 8 heteroatoms. The van der Waals surface area contributed by atoms with Gasteiger partial charge >= 0.3 is 0 Å². The van der Waals surface area contributed by atoms with Crippen molar-refractivity contribution in [1.29, 1.82) is 0 Å². The Kier molecular flexibility index (Phi) is 5.75. The monoisotopic (exact) mass is 518 g/mol. The Hall–Kier alpha value is -4.85. The summed E-state index contributed by atoms with van der Waals surface area (Å²) >= 11 is 0. The van der Waals surface area contributed by atoms with Crippen LogP contribution in [-0.4, -0.2) is 31.1 Å². The lowest BCUT2D eigenvalue weighted by Crippen LogP contribution is -2.27. The first-order valence-corrected chi connectivity index (χ1v) is 12.7. The number of carbonyl (C=O) groups excluding carboxylic acids is 1. The van der Waals surface area contributed by atoms with Crippen molar-refractivity contribution in [2.24, 2.45) is 5.41 Å². The molecule has 194 valence electrons. The van der Waals surface area contributed by atoms with Gasteiger partial charge in [-0.3, -0.25) is 19.9 Å². The van der Waals surface area contributed by atoms with E-state index in [1.165, 1.54) is 12.1 Å². The molecule has 7 nitrogen and oxygen atoms in total. The number of halogens is 1. The van der Waals surface area contributed by atoms with Crippen LogP contribution in [0.3, 0.4) is 0 Å². The molecule has 4 aromatic heterocycles. The quantitative estimate of drug-likeness (QED) is 0.229. The van der Waals surface area contributed by atoms with Gasteiger partial charge in [-0.2, -0.15) is 5.10 Å². The van der Waals surface area contributed by atoms with E-state index in [4.69, 9.17) is 0 Å². The highest BCUT2D eigenvalue weighted by Gasteiger charge is 2.21. The molecule has 2 aromatic carbocycles. The van der Waals surface area contributed by atoms with Gasteiger partial charge in [-0.15, -0.1) is 0 Å². The predicted molar refractivity (Wildman–Crippen MR) is 153 cm³/mol. The van der Waals surface area contributed by atoms with E-state index in [9.17, 15) is 9.18 Å². The Labute approximate surface area is 224 Å². The zero-order valence-corrected chi connectivity index (χ0v) is 22.1. The third-order valence-corrected chi connectivity index (χ3v) is 6.69. The fourth-order valence-corrected chi connectivity index (χ4v) is 4.67. The number of hydrogen-bond acceptors (Lipinski definition) is 4. The normalized spacial score (nSPS) is 11.8. The largest absolute Gasteiger partial charge is 0.353 e. The van der Waals surface area contributed by atoms with E-state index in [0.29, 0.717) is 11.4 Å². The van der Waals surface area contributed by atoms with E-state index >= 15 is 0 Å². The first-order valence-electron chi connectivity index (χ1n) is 12.7. The smallest absolute Gasteiger partial charge is 0.229 e. The minimum atomic E-state index is -0.511. The van der Waals surface area contributed by atoms with Crippen molar-refractivity contribution in [2.45, 2.75) is 27.7 Å². The van der Waals surface area contributed by atoms with Gasteiger partial charge in [-0.25, -0.2) is 4.39 Å². The third-order valence-electron chi connectivity index (χ3n) is 6.69. The predicted octanol–water partition coefficient (Wildman–Crippen LogP) is 7.27. The van der Waals surface area contributed by atoms with Crippen molar-refractivity contribution in [3.8, 4) is 33.8 Å². The Morgan fingerprint density at radius 3 is 2.49 bits per heavy atom. The molecule has 0 unspecified atom stereocenters. The second-order valence-electron chi connectivity index (χ2n) is 10.8. The van der Waals surface area contributed by atoms with Gasteiger partial charge in [0.15, 0.2) is 0 Å². The molecule has 0 bridgehead atoms. The summed E-state index contributed by atoms with van der Waals surface area (Å²) in [5.74, 6) is -0.364. The van der Waals surface area contributed by atoms with Crippen LogP contribution in [0.5, 0.6) is 0 Å². The molecule has 0 aliphatic heterocycles. The molecule has 0 spiro atoms. The van der Waals surface area contributed by atoms with Crippen molar-refractivity contribution < 1.29 is 9.18 Å². The number of fused-ring (bicyclic) bond motifs is 2. The number of hydrogen-bond donors (Lipinski definition) is 3. The number of aryl methyl sites for hydroxylation is 1. The Morgan fingerprint density at radius 1 is 0.872 bits per heavy atom. The van der Waals surface area contributed by atoms with Crippen LogP contribution in [0.1, 0.15) is 26.3 Å². The third kappa shape index (κ3) is 4.65. The summed E-state index contributed by atoms with van der Waals surface area (Å²) < 4.78 is 14.2. The number of rotatable bonds is 4. The van der Waals surface area contributed by atoms with Gasteiger partial charge in [0.05, 0.1) is 28.8 Å². The standard InChI is InChI=1S/C31H27FN6O/c1-17-9-19(11-21(32)10-17)28-24-14-27(36-25(24)7-8-34-28)29-23-13-18(5-6-26(23)37-38-29)20-12-22(16-33-15-20)35-30(39)31(2,3)4/h5-16,36H,1-4H3,(H,35,39)(H,37,38). The molecule has 0 fully saturated rings. The van der Waals surface area contributed by atoms with E-state index in [-0.39, 0.29) is 11.7 Å². The molecular formula is C31H27FN6O. The van der Waals surface area contributed by atoms with E-state index in [0.717, 1.165) is 55.4 Å². The van der Waals surface area contributed by atoms with E-state index in [2.05, 4.69) is 36.5 Å². The van der Waals surface area contributed by atoms with Gasteiger partial charge in [-0.1, -0.05) is 26.8 Å². The van der Waals surface area contributed by atoms with Gasteiger partial charge in [0.2, 0.25) is 5.91 Å². The number of carbonyl (C=O) groups is 1. The molecule has 1 amide bonds. The molecular weight excluding hydrogens is 491 g/mol. The van der Waals surface area contributed by atoms with Crippen molar-refractivity contribution in [1.82, 2.24) is 25.1 Å². The highest BCUT2D eigenvalue weighted by Crippen LogP contribution is 2.35. The first kappa shape index (κ1) is 24.5. The van der Waals surface area contributed by atoms with Crippen LogP contribution >= 0.6 is 0 Å². The van der Waals surface area contributed by atoms with Crippen molar-refractivity contribution in [3.05, 3.63) is 84.6 Å². The van der Waals surface area contributed by atoms with Crippen LogP contribution in [0, 0.1) is 18.2 Å². The number of benzene rings is 2. The van der Waals surface area contributed by atoms with Gasteiger partial charge in [0.1, 0.15) is 11.5 Å². The fraction of sp³-hybridized carbons (Fsp3) is 0.161. The molecule has 0 atom stereocenters. The number of pyridine rings is 2. The molecule has 6 aromatic rings.